The van der Waals surface area contributed by atoms with E-state index in [9.17, 15) is 0 Å². The Morgan fingerprint density at radius 2 is 2.15 bits per heavy atom. The van der Waals surface area contributed by atoms with Gasteiger partial charge in [0.25, 0.3) is 0 Å². The average molecular weight is 180 g/mol. The lowest BCUT2D eigenvalue weighted by atomic mass is 9.72. The topological polar surface area (TPSA) is 9.23 Å². The van der Waals surface area contributed by atoms with Crippen molar-refractivity contribution < 1.29 is 4.74 Å². The Morgan fingerprint density at radius 3 is 3.08 bits per heavy atom. The fraction of sp³-hybridized carbons (Fsp3) is 1.00. The Balaban J connectivity index is 1.89. The minimum atomic E-state index is 0.362. The van der Waals surface area contributed by atoms with Crippen molar-refractivity contribution in [3.63, 3.8) is 0 Å². The summed E-state index contributed by atoms with van der Waals surface area (Å²) < 4.78 is 6.30. The van der Waals surface area contributed by atoms with Crippen LogP contribution >= 0.6 is 0 Å². The van der Waals surface area contributed by atoms with Crippen molar-refractivity contribution in [1.82, 2.24) is 0 Å². The van der Waals surface area contributed by atoms with E-state index in [-0.39, 0.29) is 0 Å². The maximum absolute atomic E-state index is 6.30. The molecule has 3 fully saturated rings. The summed E-state index contributed by atoms with van der Waals surface area (Å²) in [5.41, 5.74) is 0.362. The van der Waals surface area contributed by atoms with Crippen LogP contribution in [-0.4, -0.2) is 11.7 Å². The summed E-state index contributed by atoms with van der Waals surface area (Å²) >= 11 is 0. The van der Waals surface area contributed by atoms with Gasteiger partial charge in [-0.25, -0.2) is 0 Å². The fourth-order valence-electron chi connectivity index (χ4n) is 4.06. The SMILES string of the molecule is CC1C[C@H]2CC[C@H]3CCC[C@@]3(C1)O2. The van der Waals surface area contributed by atoms with Crippen molar-refractivity contribution in [2.45, 2.75) is 63.6 Å². The highest BCUT2D eigenvalue weighted by atomic mass is 16.5. The Bertz CT molecular complexity index is 209. The second-order valence-corrected chi connectivity index (χ2v) is 5.52. The van der Waals surface area contributed by atoms with Crippen LogP contribution in [0.3, 0.4) is 0 Å². The molecule has 1 saturated carbocycles. The van der Waals surface area contributed by atoms with Gasteiger partial charge in [-0.15, -0.1) is 0 Å². The number of hydrogen-bond donors (Lipinski definition) is 0. The normalized spacial score (nSPS) is 54.7. The smallest absolute Gasteiger partial charge is 0.0716 e. The van der Waals surface area contributed by atoms with Gasteiger partial charge in [-0.05, 0) is 50.4 Å². The largest absolute Gasteiger partial charge is 0.371 e. The molecule has 0 N–H and O–H groups in total. The van der Waals surface area contributed by atoms with Gasteiger partial charge < -0.3 is 4.74 Å². The molecule has 0 aromatic carbocycles. The Kier molecular flexibility index (Phi) is 1.74. The van der Waals surface area contributed by atoms with Gasteiger partial charge >= 0.3 is 0 Å². The third-order valence-corrected chi connectivity index (χ3v) is 4.49. The van der Waals surface area contributed by atoms with Gasteiger partial charge in [0.2, 0.25) is 0 Å². The highest BCUT2D eigenvalue weighted by molar-refractivity contribution is 5.01. The maximum Gasteiger partial charge on any atom is 0.0716 e. The minimum Gasteiger partial charge on any atom is -0.371 e. The lowest BCUT2D eigenvalue weighted by Crippen LogP contribution is -2.49. The molecule has 1 nitrogen and oxygen atoms in total. The second kappa shape index (κ2) is 2.73. The highest BCUT2D eigenvalue weighted by Gasteiger charge is 2.51. The standard InChI is InChI=1S/C12H20O/c1-9-7-11-5-4-10-3-2-6-12(10,8-9)13-11/h9-11H,2-8H2,1H3/t9?,10-,11-,12+/m1/s1. The van der Waals surface area contributed by atoms with Crippen molar-refractivity contribution in [1.29, 1.82) is 0 Å². The van der Waals surface area contributed by atoms with Gasteiger partial charge in [0.15, 0.2) is 0 Å². The zero-order chi connectivity index (χ0) is 8.89. The summed E-state index contributed by atoms with van der Waals surface area (Å²) in [5.74, 6) is 1.84. The monoisotopic (exact) mass is 180 g/mol. The number of ether oxygens (including phenoxy) is 1. The molecule has 0 radical (unpaired) electrons. The second-order valence-electron chi connectivity index (χ2n) is 5.52. The maximum atomic E-state index is 6.30. The van der Waals surface area contributed by atoms with Gasteiger partial charge in [0.05, 0.1) is 11.7 Å². The fourth-order valence-corrected chi connectivity index (χ4v) is 4.06. The molecule has 4 atom stereocenters. The van der Waals surface area contributed by atoms with Crippen LogP contribution < -0.4 is 0 Å². The van der Waals surface area contributed by atoms with Crippen molar-refractivity contribution in [3.8, 4) is 0 Å². The predicted octanol–water partition coefficient (Wildman–Crippen LogP) is 3.13. The highest BCUT2D eigenvalue weighted by Crippen LogP contribution is 2.53. The minimum absolute atomic E-state index is 0.362. The third kappa shape index (κ3) is 1.16. The van der Waals surface area contributed by atoms with E-state index in [2.05, 4.69) is 6.92 Å². The quantitative estimate of drug-likeness (QED) is 0.556. The molecule has 0 amide bonds. The molecule has 2 saturated heterocycles. The van der Waals surface area contributed by atoms with Crippen LogP contribution in [0.25, 0.3) is 0 Å². The van der Waals surface area contributed by atoms with Crippen LogP contribution in [0.5, 0.6) is 0 Å². The van der Waals surface area contributed by atoms with E-state index in [0.717, 1.165) is 11.8 Å². The van der Waals surface area contributed by atoms with E-state index in [1.807, 2.05) is 0 Å². The molecule has 1 heteroatoms. The Hall–Kier alpha value is -0.0400. The van der Waals surface area contributed by atoms with E-state index in [1.165, 1.54) is 44.9 Å². The van der Waals surface area contributed by atoms with Crippen LogP contribution in [0.4, 0.5) is 0 Å². The van der Waals surface area contributed by atoms with Crippen molar-refractivity contribution in [2.24, 2.45) is 11.8 Å². The molecule has 0 aromatic heterocycles. The molecule has 0 aromatic rings. The van der Waals surface area contributed by atoms with E-state index < -0.39 is 0 Å². The first-order chi connectivity index (χ1) is 6.28. The van der Waals surface area contributed by atoms with Crippen molar-refractivity contribution in [2.75, 3.05) is 0 Å². The molecule has 1 unspecified atom stereocenters. The van der Waals surface area contributed by atoms with Gasteiger partial charge in [0.1, 0.15) is 0 Å². The molecule has 3 rings (SSSR count). The molecule has 1 spiro atoms. The summed E-state index contributed by atoms with van der Waals surface area (Å²) in [6.45, 7) is 2.41. The first-order valence-electron chi connectivity index (χ1n) is 5.96. The predicted molar refractivity (Wildman–Crippen MR) is 52.6 cm³/mol. The number of fused-ring (bicyclic) bond motifs is 1. The third-order valence-electron chi connectivity index (χ3n) is 4.49. The average Bonchev–Trinajstić information content (AvgIpc) is 2.44. The zero-order valence-electron chi connectivity index (χ0n) is 8.59. The van der Waals surface area contributed by atoms with Gasteiger partial charge in [-0.1, -0.05) is 13.3 Å². The molecule has 2 heterocycles. The summed E-state index contributed by atoms with van der Waals surface area (Å²) in [7, 11) is 0. The Morgan fingerprint density at radius 1 is 1.23 bits per heavy atom. The van der Waals surface area contributed by atoms with Crippen LogP contribution in [0, 0.1) is 11.8 Å². The van der Waals surface area contributed by atoms with Crippen molar-refractivity contribution in [3.05, 3.63) is 0 Å². The van der Waals surface area contributed by atoms with Crippen LogP contribution in [-0.2, 0) is 4.74 Å². The molecular formula is C12H20O. The van der Waals surface area contributed by atoms with E-state index in [0.29, 0.717) is 11.7 Å². The van der Waals surface area contributed by atoms with E-state index >= 15 is 0 Å². The first-order valence-corrected chi connectivity index (χ1v) is 5.96. The molecular weight excluding hydrogens is 160 g/mol. The molecule has 2 aliphatic heterocycles. The van der Waals surface area contributed by atoms with Gasteiger partial charge in [-0.2, -0.15) is 0 Å². The Labute approximate surface area is 80.8 Å². The van der Waals surface area contributed by atoms with Crippen LogP contribution in [0.15, 0.2) is 0 Å². The lowest BCUT2D eigenvalue weighted by Gasteiger charge is -2.49. The zero-order valence-corrected chi connectivity index (χ0v) is 8.59. The van der Waals surface area contributed by atoms with Gasteiger partial charge in [-0.3, -0.25) is 0 Å². The number of rotatable bonds is 0. The van der Waals surface area contributed by atoms with E-state index in [1.54, 1.807) is 0 Å². The first kappa shape index (κ1) is 8.28. The molecule has 74 valence electrons. The number of hydrogen-bond acceptors (Lipinski definition) is 1. The summed E-state index contributed by atoms with van der Waals surface area (Å²) in [6, 6.07) is 0. The summed E-state index contributed by atoms with van der Waals surface area (Å²) in [5, 5.41) is 0. The molecule has 2 bridgehead atoms. The molecule has 1 aliphatic carbocycles. The van der Waals surface area contributed by atoms with Crippen LogP contribution in [0.1, 0.15) is 51.9 Å². The summed E-state index contributed by atoms with van der Waals surface area (Å²) in [6.07, 6.45) is 10.3. The van der Waals surface area contributed by atoms with Crippen molar-refractivity contribution >= 4 is 0 Å². The van der Waals surface area contributed by atoms with Gasteiger partial charge in [0, 0.05) is 0 Å². The van der Waals surface area contributed by atoms with Crippen LogP contribution in [0.2, 0.25) is 0 Å². The molecule has 3 aliphatic rings. The van der Waals surface area contributed by atoms with E-state index in [4.69, 9.17) is 4.74 Å². The summed E-state index contributed by atoms with van der Waals surface area (Å²) in [4.78, 5) is 0. The molecule has 13 heavy (non-hydrogen) atoms. The lowest BCUT2D eigenvalue weighted by molar-refractivity contribution is -0.191.